The second kappa shape index (κ2) is 9.20. The molecule has 2 aliphatic heterocycles. The van der Waals surface area contributed by atoms with Gasteiger partial charge in [0, 0.05) is 13.1 Å². The van der Waals surface area contributed by atoms with Crippen molar-refractivity contribution in [2.45, 2.75) is 38.0 Å². The highest BCUT2D eigenvalue weighted by Crippen LogP contribution is 2.25. The molecule has 0 saturated carbocycles. The molecule has 0 radical (unpaired) electrons. The quantitative estimate of drug-likeness (QED) is 0.655. The maximum absolute atomic E-state index is 12.8. The topological polar surface area (TPSA) is 117 Å². The highest BCUT2D eigenvalue weighted by atomic mass is 16.6. The number of hydrogen-bond acceptors (Lipinski definition) is 5. The molecule has 2 atom stereocenters. The summed E-state index contributed by atoms with van der Waals surface area (Å²) in [5, 5.41) is 7.87. The summed E-state index contributed by atoms with van der Waals surface area (Å²) in [6.45, 7) is 0.351. The Kier molecular flexibility index (Phi) is 6.46. The lowest BCUT2D eigenvalue weighted by molar-refractivity contribution is -0.136. The molecule has 4 amide bonds. The van der Waals surface area contributed by atoms with Crippen LogP contribution in [0.2, 0.25) is 0 Å². The summed E-state index contributed by atoms with van der Waals surface area (Å²) in [7, 11) is 0. The highest BCUT2D eigenvalue weighted by Gasteiger charge is 2.42. The molecule has 0 unspecified atom stereocenters. The van der Waals surface area contributed by atoms with E-state index in [9.17, 15) is 19.2 Å². The molecule has 0 spiro atoms. The first-order valence-electron chi connectivity index (χ1n) is 9.37. The summed E-state index contributed by atoms with van der Waals surface area (Å²) in [5.74, 6) is -1.18. The van der Waals surface area contributed by atoms with Crippen molar-refractivity contribution >= 4 is 23.8 Å². The molecule has 2 heterocycles. The van der Waals surface area contributed by atoms with Crippen LogP contribution in [-0.2, 0) is 25.7 Å². The highest BCUT2D eigenvalue weighted by molar-refractivity contribution is 5.93. The van der Waals surface area contributed by atoms with Crippen LogP contribution in [0.3, 0.4) is 0 Å². The Balaban J connectivity index is 1.78. The van der Waals surface area contributed by atoms with Gasteiger partial charge in [-0.15, -0.1) is 0 Å². The SMILES string of the molecule is O=C1CNC(=O)[C@@H]2CCC[C@H](C(=O)NCCN1)N2C(=O)OCc1ccccc1. The zero-order chi connectivity index (χ0) is 19.9. The normalized spacial score (nSPS) is 23.4. The number of rotatable bonds is 2. The summed E-state index contributed by atoms with van der Waals surface area (Å²) >= 11 is 0. The summed E-state index contributed by atoms with van der Waals surface area (Å²) in [6, 6.07) is 7.52. The summed E-state index contributed by atoms with van der Waals surface area (Å²) in [4.78, 5) is 51.0. The smallest absolute Gasteiger partial charge is 0.411 e. The number of hydrogen-bond donors (Lipinski definition) is 3. The molecule has 2 fully saturated rings. The third-order valence-corrected chi connectivity index (χ3v) is 4.82. The predicted octanol–water partition coefficient (Wildman–Crippen LogP) is -0.0915. The number of nitrogens with one attached hydrogen (secondary N) is 3. The van der Waals surface area contributed by atoms with E-state index in [1.807, 2.05) is 30.3 Å². The number of benzene rings is 1. The van der Waals surface area contributed by atoms with Crippen LogP contribution in [0, 0.1) is 0 Å². The lowest BCUT2D eigenvalue weighted by Gasteiger charge is -2.39. The van der Waals surface area contributed by atoms with E-state index >= 15 is 0 Å². The Hall–Kier alpha value is -3.10. The van der Waals surface area contributed by atoms with Crippen molar-refractivity contribution in [2.24, 2.45) is 0 Å². The lowest BCUT2D eigenvalue weighted by Crippen LogP contribution is -2.61. The molecule has 2 saturated heterocycles. The summed E-state index contributed by atoms with van der Waals surface area (Å²) < 4.78 is 5.39. The van der Waals surface area contributed by atoms with E-state index in [1.165, 1.54) is 4.90 Å². The standard InChI is InChI=1S/C19H24N4O5/c24-16-11-22-18(26)15-8-4-7-14(17(25)21-10-9-20-16)23(15)19(27)28-12-13-5-2-1-3-6-13/h1-3,5-6,14-15H,4,7-12H2,(H,20,24)(H,21,25)(H,22,26)/t14-,15+/m1/s1. The minimum absolute atomic E-state index is 0.0429. The fraction of sp³-hybridized carbons (Fsp3) is 0.474. The molecule has 1 aromatic carbocycles. The largest absolute Gasteiger partial charge is 0.445 e. The lowest BCUT2D eigenvalue weighted by atomic mass is 9.94. The van der Waals surface area contributed by atoms with Crippen molar-refractivity contribution in [3.05, 3.63) is 35.9 Å². The first-order chi connectivity index (χ1) is 13.6. The van der Waals surface area contributed by atoms with Crippen LogP contribution < -0.4 is 16.0 Å². The van der Waals surface area contributed by atoms with Gasteiger partial charge < -0.3 is 20.7 Å². The van der Waals surface area contributed by atoms with Crippen molar-refractivity contribution < 1.29 is 23.9 Å². The Morgan fingerprint density at radius 1 is 0.964 bits per heavy atom. The molecule has 28 heavy (non-hydrogen) atoms. The van der Waals surface area contributed by atoms with Crippen molar-refractivity contribution in [1.29, 1.82) is 0 Å². The maximum atomic E-state index is 12.8. The van der Waals surface area contributed by atoms with Gasteiger partial charge in [-0.05, 0) is 24.8 Å². The molecule has 1 aromatic rings. The van der Waals surface area contributed by atoms with Gasteiger partial charge in [0.05, 0.1) is 6.54 Å². The Labute approximate surface area is 162 Å². The first-order valence-corrected chi connectivity index (χ1v) is 9.37. The predicted molar refractivity (Wildman–Crippen MR) is 98.9 cm³/mol. The van der Waals surface area contributed by atoms with Gasteiger partial charge >= 0.3 is 6.09 Å². The van der Waals surface area contributed by atoms with E-state index in [0.717, 1.165) is 5.56 Å². The van der Waals surface area contributed by atoms with E-state index < -0.39 is 24.1 Å². The van der Waals surface area contributed by atoms with Gasteiger partial charge in [-0.3, -0.25) is 19.3 Å². The molecule has 9 nitrogen and oxygen atoms in total. The number of fused-ring (bicyclic) bond motifs is 2. The van der Waals surface area contributed by atoms with Gasteiger partial charge in [-0.25, -0.2) is 4.79 Å². The second-order valence-corrected chi connectivity index (χ2v) is 6.77. The first kappa shape index (κ1) is 19.7. The maximum Gasteiger partial charge on any atom is 0.411 e. The summed E-state index contributed by atoms with van der Waals surface area (Å²) in [6.07, 6.45) is 0.746. The zero-order valence-corrected chi connectivity index (χ0v) is 15.5. The molecule has 2 aliphatic rings. The Morgan fingerprint density at radius 3 is 2.32 bits per heavy atom. The van der Waals surface area contributed by atoms with Gasteiger partial charge in [0.25, 0.3) is 0 Å². The molecule has 0 aliphatic carbocycles. The molecule has 2 bridgehead atoms. The number of piperidine rings is 1. The molecule has 0 aromatic heterocycles. The van der Waals surface area contributed by atoms with Gasteiger partial charge in [0.2, 0.25) is 17.7 Å². The van der Waals surface area contributed by atoms with Gasteiger partial charge in [0.1, 0.15) is 18.7 Å². The molecule has 3 rings (SSSR count). The number of nitrogens with zero attached hydrogens (tertiary/aromatic N) is 1. The average Bonchev–Trinajstić information content (AvgIpc) is 2.72. The minimum Gasteiger partial charge on any atom is -0.445 e. The van der Waals surface area contributed by atoms with Gasteiger partial charge in [0.15, 0.2) is 0 Å². The van der Waals surface area contributed by atoms with Crippen LogP contribution in [0.5, 0.6) is 0 Å². The van der Waals surface area contributed by atoms with Gasteiger partial charge in [-0.2, -0.15) is 0 Å². The van der Waals surface area contributed by atoms with Crippen molar-refractivity contribution in [2.75, 3.05) is 19.6 Å². The fourth-order valence-corrected chi connectivity index (χ4v) is 3.42. The van der Waals surface area contributed by atoms with Crippen molar-refractivity contribution in [3.8, 4) is 0 Å². The fourth-order valence-electron chi connectivity index (χ4n) is 3.42. The van der Waals surface area contributed by atoms with Crippen LogP contribution in [0.15, 0.2) is 30.3 Å². The third kappa shape index (κ3) is 4.79. The van der Waals surface area contributed by atoms with E-state index in [-0.39, 0.29) is 38.1 Å². The number of carbonyl (C=O) groups is 4. The van der Waals surface area contributed by atoms with E-state index in [4.69, 9.17) is 4.74 Å². The molecular formula is C19H24N4O5. The van der Waals surface area contributed by atoms with Crippen molar-refractivity contribution in [3.63, 3.8) is 0 Å². The van der Waals surface area contributed by atoms with Crippen molar-refractivity contribution in [1.82, 2.24) is 20.9 Å². The van der Waals surface area contributed by atoms with Crippen LogP contribution >= 0.6 is 0 Å². The molecule has 150 valence electrons. The van der Waals surface area contributed by atoms with E-state index in [0.29, 0.717) is 19.3 Å². The summed E-state index contributed by atoms with van der Waals surface area (Å²) in [5.41, 5.74) is 0.806. The third-order valence-electron chi connectivity index (χ3n) is 4.82. The number of carbonyl (C=O) groups excluding carboxylic acids is 4. The monoisotopic (exact) mass is 388 g/mol. The van der Waals surface area contributed by atoms with E-state index in [2.05, 4.69) is 16.0 Å². The van der Waals surface area contributed by atoms with Crippen LogP contribution in [0.25, 0.3) is 0 Å². The zero-order valence-electron chi connectivity index (χ0n) is 15.5. The van der Waals surface area contributed by atoms with Gasteiger partial charge in [-0.1, -0.05) is 30.3 Å². The van der Waals surface area contributed by atoms with Crippen LogP contribution in [0.4, 0.5) is 4.79 Å². The Bertz CT molecular complexity index is 739. The molecular weight excluding hydrogens is 364 g/mol. The molecule has 9 heteroatoms. The van der Waals surface area contributed by atoms with Crippen LogP contribution in [-0.4, -0.2) is 60.4 Å². The second-order valence-electron chi connectivity index (χ2n) is 6.77. The van der Waals surface area contributed by atoms with Crippen LogP contribution in [0.1, 0.15) is 24.8 Å². The molecule has 3 N–H and O–H groups in total. The number of amides is 4. The average molecular weight is 388 g/mol. The minimum atomic E-state index is -0.861. The number of ether oxygens (including phenoxy) is 1. The Morgan fingerprint density at radius 2 is 1.61 bits per heavy atom. The van der Waals surface area contributed by atoms with E-state index in [1.54, 1.807) is 0 Å².